The molecule has 0 aliphatic carbocycles. The van der Waals surface area contributed by atoms with Crippen LogP contribution in [-0.4, -0.2) is 37.8 Å². The molecule has 0 bridgehead atoms. The molecule has 5 nitrogen and oxygen atoms in total. The summed E-state index contributed by atoms with van der Waals surface area (Å²) in [6, 6.07) is 7.76. The van der Waals surface area contributed by atoms with Gasteiger partial charge in [0.25, 0.3) is 0 Å². The summed E-state index contributed by atoms with van der Waals surface area (Å²) in [5.74, 6) is 0.745. The first kappa shape index (κ1) is 21.9. The van der Waals surface area contributed by atoms with E-state index in [4.69, 9.17) is 0 Å². The van der Waals surface area contributed by atoms with E-state index in [0.717, 1.165) is 11.1 Å². The molecule has 1 heterocycles. The fourth-order valence-corrected chi connectivity index (χ4v) is 5.44. The first-order valence-corrected chi connectivity index (χ1v) is 11.5. The van der Waals surface area contributed by atoms with Gasteiger partial charge in [0.1, 0.15) is 0 Å². The topological polar surface area (TPSA) is 66.5 Å². The molecule has 0 radical (unpaired) electrons. The Labute approximate surface area is 164 Å². The lowest BCUT2D eigenvalue weighted by Gasteiger charge is -2.33. The zero-order valence-electron chi connectivity index (χ0n) is 17.2. The molecule has 6 heteroatoms. The van der Waals surface area contributed by atoms with E-state index < -0.39 is 10.0 Å². The zero-order valence-corrected chi connectivity index (χ0v) is 18.1. The van der Waals surface area contributed by atoms with Crippen molar-refractivity contribution in [3.63, 3.8) is 0 Å². The SMILES string of the molecule is Cc1cccc(CS(=O)(=O)N2CCC(C(=O)NC(C(C)C)C(C)C)CC2)c1. The van der Waals surface area contributed by atoms with Gasteiger partial charge in [-0.1, -0.05) is 57.5 Å². The van der Waals surface area contributed by atoms with Gasteiger partial charge in [-0.25, -0.2) is 12.7 Å². The Hall–Kier alpha value is -1.40. The van der Waals surface area contributed by atoms with Gasteiger partial charge in [-0.3, -0.25) is 4.79 Å². The van der Waals surface area contributed by atoms with Crippen molar-refractivity contribution in [2.45, 2.75) is 59.3 Å². The Kier molecular flexibility index (Phi) is 7.46. The van der Waals surface area contributed by atoms with Crippen molar-refractivity contribution in [2.75, 3.05) is 13.1 Å². The van der Waals surface area contributed by atoms with E-state index in [9.17, 15) is 13.2 Å². The Morgan fingerprint density at radius 2 is 1.74 bits per heavy atom. The second kappa shape index (κ2) is 9.20. The van der Waals surface area contributed by atoms with Crippen LogP contribution in [0.4, 0.5) is 0 Å². The summed E-state index contributed by atoms with van der Waals surface area (Å²) >= 11 is 0. The zero-order chi connectivity index (χ0) is 20.2. The molecule has 1 aliphatic heterocycles. The van der Waals surface area contributed by atoms with E-state index in [1.165, 1.54) is 0 Å². The molecular weight excluding hydrogens is 360 g/mol. The van der Waals surface area contributed by atoms with Crippen LogP contribution < -0.4 is 5.32 Å². The standard InChI is InChI=1S/C21H34N2O3S/c1-15(2)20(16(3)4)22-21(24)19-9-11-23(12-10-19)27(25,26)14-18-8-6-7-17(5)13-18/h6-8,13,15-16,19-20H,9-12,14H2,1-5H3,(H,22,24). The highest BCUT2D eigenvalue weighted by molar-refractivity contribution is 7.88. The number of benzene rings is 1. The quantitative estimate of drug-likeness (QED) is 0.771. The minimum atomic E-state index is -3.35. The van der Waals surface area contributed by atoms with Crippen molar-refractivity contribution in [3.8, 4) is 0 Å². The molecule has 0 saturated carbocycles. The molecule has 1 aromatic rings. The summed E-state index contributed by atoms with van der Waals surface area (Å²) in [4.78, 5) is 12.6. The lowest BCUT2D eigenvalue weighted by Crippen LogP contribution is -2.48. The summed E-state index contributed by atoms with van der Waals surface area (Å²) in [6.07, 6.45) is 1.17. The predicted molar refractivity (Wildman–Crippen MR) is 110 cm³/mol. The molecule has 1 N–H and O–H groups in total. The lowest BCUT2D eigenvalue weighted by atomic mass is 9.91. The third kappa shape index (κ3) is 6.04. The molecule has 0 spiro atoms. The van der Waals surface area contributed by atoms with Gasteiger partial charge in [0.15, 0.2) is 0 Å². The maximum absolute atomic E-state index is 12.7. The largest absolute Gasteiger partial charge is 0.353 e. The fourth-order valence-electron chi connectivity index (χ4n) is 3.89. The number of aryl methyl sites for hydroxylation is 1. The minimum Gasteiger partial charge on any atom is -0.353 e. The van der Waals surface area contributed by atoms with Crippen LogP contribution >= 0.6 is 0 Å². The third-order valence-electron chi connectivity index (χ3n) is 5.40. The Morgan fingerprint density at radius 1 is 1.15 bits per heavy atom. The van der Waals surface area contributed by atoms with Crippen LogP contribution in [0.2, 0.25) is 0 Å². The predicted octanol–water partition coefficient (Wildman–Crippen LogP) is 3.33. The van der Waals surface area contributed by atoms with E-state index in [1.807, 2.05) is 31.2 Å². The van der Waals surface area contributed by atoms with E-state index >= 15 is 0 Å². The number of rotatable bonds is 7. The molecular formula is C21H34N2O3S. The van der Waals surface area contributed by atoms with Crippen LogP contribution in [0.15, 0.2) is 24.3 Å². The van der Waals surface area contributed by atoms with Crippen LogP contribution in [0.3, 0.4) is 0 Å². The van der Waals surface area contributed by atoms with Gasteiger partial charge < -0.3 is 5.32 Å². The second-order valence-corrected chi connectivity index (χ2v) is 10.4. The molecule has 0 unspecified atom stereocenters. The summed E-state index contributed by atoms with van der Waals surface area (Å²) in [5.41, 5.74) is 1.87. The van der Waals surface area contributed by atoms with E-state index in [0.29, 0.717) is 37.8 Å². The fraction of sp³-hybridized carbons (Fsp3) is 0.667. The Morgan fingerprint density at radius 3 is 2.26 bits per heavy atom. The van der Waals surface area contributed by atoms with Crippen molar-refractivity contribution in [1.82, 2.24) is 9.62 Å². The van der Waals surface area contributed by atoms with E-state index in [2.05, 4.69) is 33.0 Å². The molecule has 0 atom stereocenters. The average Bonchev–Trinajstić information content (AvgIpc) is 2.58. The maximum atomic E-state index is 12.7. The summed E-state index contributed by atoms with van der Waals surface area (Å²) in [6.45, 7) is 11.3. The molecule has 1 fully saturated rings. The number of carbonyl (C=O) groups excluding carboxylic acids is 1. The van der Waals surface area contributed by atoms with Crippen LogP contribution in [0.5, 0.6) is 0 Å². The Balaban J connectivity index is 1.93. The summed E-state index contributed by atoms with van der Waals surface area (Å²) in [7, 11) is -3.35. The van der Waals surface area contributed by atoms with E-state index in [1.54, 1.807) is 4.31 Å². The molecule has 1 aromatic carbocycles. The molecule has 1 saturated heterocycles. The van der Waals surface area contributed by atoms with Crippen molar-refractivity contribution < 1.29 is 13.2 Å². The number of amides is 1. The van der Waals surface area contributed by atoms with Gasteiger partial charge >= 0.3 is 0 Å². The number of piperidine rings is 1. The lowest BCUT2D eigenvalue weighted by molar-refractivity contribution is -0.127. The highest BCUT2D eigenvalue weighted by Crippen LogP contribution is 2.23. The van der Waals surface area contributed by atoms with Gasteiger partial charge in [0.2, 0.25) is 15.9 Å². The molecule has 1 amide bonds. The molecule has 152 valence electrons. The number of sulfonamides is 1. The highest BCUT2D eigenvalue weighted by Gasteiger charge is 2.32. The van der Waals surface area contributed by atoms with Crippen molar-refractivity contribution in [1.29, 1.82) is 0 Å². The smallest absolute Gasteiger partial charge is 0.223 e. The van der Waals surface area contributed by atoms with Gasteiger partial charge in [0.05, 0.1) is 5.75 Å². The number of hydrogen-bond donors (Lipinski definition) is 1. The number of nitrogens with zero attached hydrogens (tertiary/aromatic N) is 1. The molecule has 1 aliphatic rings. The molecule has 0 aromatic heterocycles. The second-order valence-electron chi connectivity index (χ2n) is 8.44. The van der Waals surface area contributed by atoms with Crippen LogP contribution in [-0.2, 0) is 20.6 Å². The van der Waals surface area contributed by atoms with Gasteiger partial charge in [-0.2, -0.15) is 0 Å². The van der Waals surface area contributed by atoms with Crippen molar-refractivity contribution >= 4 is 15.9 Å². The number of carbonyl (C=O) groups is 1. The Bertz CT molecular complexity index is 728. The van der Waals surface area contributed by atoms with Gasteiger partial charge in [-0.05, 0) is 37.2 Å². The van der Waals surface area contributed by atoms with Gasteiger partial charge in [-0.15, -0.1) is 0 Å². The normalized spacial score (nSPS) is 17.0. The van der Waals surface area contributed by atoms with E-state index in [-0.39, 0.29) is 23.6 Å². The monoisotopic (exact) mass is 394 g/mol. The number of hydrogen-bond acceptors (Lipinski definition) is 3. The summed E-state index contributed by atoms with van der Waals surface area (Å²) in [5, 5.41) is 3.18. The average molecular weight is 395 g/mol. The van der Waals surface area contributed by atoms with Crippen LogP contribution in [0, 0.1) is 24.7 Å². The highest BCUT2D eigenvalue weighted by atomic mass is 32.2. The summed E-state index contributed by atoms with van der Waals surface area (Å²) < 4.78 is 27.0. The van der Waals surface area contributed by atoms with Crippen molar-refractivity contribution in [3.05, 3.63) is 35.4 Å². The van der Waals surface area contributed by atoms with Crippen molar-refractivity contribution in [2.24, 2.45) is 17.8 Å². The first-order chi connectivity index (χ1) is 12.6. The van der Waals surface area contributed by atoms with Crippen LogP contribution in [0.25, 0.3) is 0 Å². The maximum Gasteiger partial charge on any atom is 0.223 e. The first-order valence-electron chi connectivity index (χ1n) is 9.94. The van der Waals surface area contributed by atoms with Crippen LogP contribution in [0.1, 0.15) is 51.7 Å². The van der Waals surface area contributed by atoms with Gasteiger partial charge in [0, 0.05) is 25.0 Å². The molecule has 2 rings (SSSR count). The third-order valence-corrected chi connectivity index (χ3v) is 7.25. The minimum absolute atomic E-state index is 0.0221. The molecule has 27 heavy (non-hydrogen) atoms. The number of nitrogens with one attached hydrogen (secondary N) is 1.